The zero-order valence-electron chi connectivity index (χ0n) is 9.21. The van der Waals surface area contributed by atoms with E-state index in [4.69, 9.17) is 11.6 Å². The van der Waals surface area contributed by atoms with Crippen LogP contribution in [0.1, 0.15) is 18.9 Å². The Kier molecular flexibility index (Phi) is 4.71. The van der Waals surface area contributed by atoms with E-state index in [-0.39, 0.29) is 19.6 Å². The molecule has 90 valence electrons. The highest BCUT2D eigenvalue weighted by Gasteiger charge is 2.29. The van der Waals surface area contributed by atoms with Crippen molar-refractivity contribution in [1.29, 1.82) is 0 Å². The number of hydrogen-bond acceptors (Lipinski definition) is 2. The van der Waals surface area contributed by atoms with Crippen molar-refractivity contribution in [2.45, 2.75) is 19.8 Å². The number of aliphatic hydroxyl groups excluding tert-OH is 2. The minimum Gasteiger partial charge on any atom is -0.396 e. The molecule has 0 atom stereocenters. The van der Waals surface area contributed by atoms with E-state index in [1.807, 2.05) is 6.92 Å². The highest BCUT2D eigenvalue weighted by molar-refractivity contribution is 6.31. The van der Waals surface area contributed by atoms with Crippen LogP contribution in [0.4, 0.5) is 4.39 Å². The molecule has 0 aliphatic carbocycles. The van der Waals surface area contributed by atoms with Crippen molar-refractivity contribution >= 4 is 11.6 Å². The lowest BCUT2D eigenvalue weighted by molar-refractivity contribution is 0.0508. The molecule has 1 rings (SSSR count). The summed E-state index contributed by atoms with van der Waals surface area (Å²) in [5.74, 6) is -0.396. The largest absolute Gasteiger partial charge is 0.396 e. The third-order valence-corrected chi connectivity index (χ3v) is 3.39. The van der Waals surface area contributed by atoms with E-state index in [0.29, 0.717) is 17.0 Å². The van der Waals surface area contributed by atoms with Gasteiger partial charge in [-0.3, -0.25) is 0 Å². The maximum absolute atomic E-state index is 13.5. The van der Waals surface area contributed by atoms with E-state index in [1.165, 1.54) is 12.1 Å². The number of aliphatic hydroxyl groups is 2. The smallest absolute Gasteiger partial charge is 0.127 e. The van der Waals surface area contributed by atoms with E-state index >= 15 is 0 Å². The second-order valence-corrected chi connectivity index (χ2v) is 4.45. The van der Waals surface area contributed by atoms with E-state index < -0.39 is 11.2 Å². The summed E-state index contributed by atoms with van der Waals surface area (Å²) in [6, 6.07) is 4.47. The fraction of sp³-hybridized carbons (Fsp3) is 0.500. The van der Waals surface area contributed by atoms with Gasteiger partial charge in [0.2, 0.25) is 0 Å². The van der Waals surface area contributed by atoms with Gasteiger partial charge < -0.3 is 10.2 Å². The Labute approximate surface area is 99.7 Å². The summed E-state index contributed by atoms with van der Waals surface area (Å²) >= 11 is 5.90. The van der Waals surface area contributed by atoms with Gasteiger partial charge in [-0.15, -0.1) is 0 Å². The number of benzene rings is 1. The zero-order chi connectivity index (χ0) is 12.2. The second-order valence-electron chi connectivity index (χ2n) is 4.05. The van der Waals surface area contributed by atoms with Crippen LogP contribution in [0, 0.1) is 11.2 Å². The first-order chi connectivity index (χ1) is 7.58. The molecule has 0 aromatic heterocycles. The first-order valence-corrected chi connectivity index (χ1v) is 5.61. The molecule has 0 heterocycles. The summed E-state index contributed by atoms with van der Waals surface area (Å²) in [5.41, 5.74) is -0.347. The Morgan fingerprint density at radius 3 is 2.38 bits per heavy atom. The molecule has 0 fully saturated rings. The molecular formula is C12H16ClFO2. The maximum atomic E-state index is 13.5. The lowest BCUT2D eigenvalue weighted by Gasteiger charge is -2.28. The number of hydrogen-bond donors (Lipinski definition) is 2. The molecule has 0 radical (unpaired) electrons. The number of halogens is 2. The van der Waals surface area contributed by atoms with E-state index in [1.54, 1.807) is 6.07 Å². The average Bonchev–Trinajstić information content (AvgIpc) is 2.30. The lowest BCUT2D eigenvalue weighted by atomic mass is 9.80. The third-order valence-electron chi connectivity index (χ3n) is 3.03. The standard InChI is InChI=1S/C12H16ClFO2/c1-2-12(7-15,8-16)6-9-10(13)4-3-5-11(9)14/h3-5,15-16H,2,6-8H2,1H3. The van der Waals surface area contributed by atoms with Crippen LogP contribution >= 0.6 is 11.6 Å². The Bertz CT molecular complexity index is 322. The fourth-order valence-corrected chi connectivity index (χ4v) is 1.82. The first kappa shape index (κ1) is 13.4. The van der Waals surface area contributed by atoms with Crippen LogP contribution in [0.25, 0.3) is 0 Å². The molecule has 0 spiro atoms. The van der Waals surface area contributed by atoms with E-state index in [0.717, 1.165) is 0 Å². The fourth-order valence-electron chi connectivity index (χ4n) is 1.59. The van der Waals surface area contributed by atoms with Crippen molar-refractivity contribution < 1.29 is 14.6 Å². The molecule has 0 aliphatic rings. The van der Waals surface area contributed by atoms with E-state index in [9.17, 15) is 14.6 Å². The van der Waals surface area contributed by atoms with Crippen molar-refractivity contribution in [3.05, 3.63) is 34.6 Å². The van der Waals surface area contributed by atoms with Gasteiger partial charge in [0.25, 0.3) is 0 Å². The predicted molar refractivity (Wildman–Crippen MR) is 62.0 cm³/mol. The van der Waals surface area contributed by atoms with Crippen LogP contribution in [0.2, 0.25) is 5.02 Å². The zero-order valence-corrected chi connectivity index (χ0v) is 9.97. The van der Waals surface area contributed by atoms with Crippen molar-refractivity contribution in [1.82, 2.24) is 0 Å². The Morgan fingerprint density at radius 1 is 1.31 bits per heavy atom. The summed E-state index contributed by atoms with van der Waals surface area (Å²) in [7, 11) is 0. The monoisotopic (exact) mass is 246 g/mol. The molecular weight excluding hydrogens is 231 g/mol. The molecule has 0 saturated heterocycles. The topological polar surface area (TPSA) is 40.5 Å². The third kappa shape index (κ3) is 2.73. The van der Waals surface area contributed by atoms with Crippen molar-refractivity contribution in [2.75, 3.05) is 13.2 Å². The predicted octanol–water partition coefficient (Wildman–Crippen LogP) is 2.40. The summed E-state index contributed by atoms with van der Waals surface area (Å²) in [5, 5.41) is 18.9. The average molecular weight is 247 g/mol. The molecule has 16 heavy (non-hydrogen) atoms. The molecule has 1 aromatic carbocycles. The first-order valence-electron chi connectivity index (χ1n) is 5.23. The van der Waals surface area contributed by atoms with Crippen LogP contribution in [-0.4, -0.2) is 23.4 Å². The van der Waals surface area contributed by atoms with Crippen LogP contribution in [-0.2, 0) is 6.42 Å². The summed E-state index contributed by atoms with van der Waals surface area (Å²) in [6.45, 7) is 1.47. The summed E-state index contributed by atoms with van der Waals surface area (Å²) in [4.78, 5) is 0. The van der Waals surface area contributed by atoms with Gasteiger partial charge in [0.05, 0.1) is 13.2 Å². The molecule has 0 bridgehead atoms. The summed E-state index contributed by atoms with van der Waals surface area (Å²) in [6.07, 6.45) is 0.798. The normalized spacial score (nSPS) is 11.8. The maximum Gasteiger partial charge on any atom is 0.127 e. The van der Waals surface area contributed by atoms with Crippen LogP contribution in [0.15, 0.2) is 18.2 Å². The second kappa shape index (κ2) is 5.62. The van der Waals surface area contributed by atoms with Crippen molar-refractivity contribution in [3.8, 4) is 0 Å². The molecule has 0 saturated carbocycles. The minimum atomic E-state index is -0.703. The SMILES string of the molecule is CCC(CO)(CO)Cc1c(F)cccc1Cl. The van der Waals surface area contributed by atoms with Crippen molar-refractivity contribution in [3.63, 3.8) is 0 Å². The van der Waals surface area contributed by atoms with Gasteiger partial charge in [-0.1, -0.05) is 24.6 Å². The highest BCUT2D eigenvalue weighted by Crippen LogP contribution is 2.30. The quantitative estimate of drug-likeness (QED) is 0.838. The van der Waals surface area contributed by atoms with Gasteiger partial charge >= 0.3 is 0 Å². The Morgan fingerprint density at radius 2 is 1.94 bits per heavy atom. The molecule has 0 amide bonds. The lowest BCUT2D eigenvalue weighted by Crippen LogP contribution is -2.32. The Hall–Kier alpha value is -0.640. The van der Waals surface area contributed by atoms with Crippen LogP contribution in [0.5, 0.6) is 0 Å². The highest BCUT2D eigenvalue weighted by atomic mass is 35.5. The van der Waals surface area contributed by atoms with Gasteiger partial charge in [-0.2, -0.15) is 0 Å². The van der Waals surface area contributed by atoms with Crippen LogP contribution < -0.4 is 0 Å². The molecule has 0 aliphatic heterocycles. The molecule has 4 heteroatoms. The minimum absolute atomic E-state index is 0.190. The molecule has 0 unspecified atom stereocenters. The van der Waals surface area contributed by atoms with Gasteiger partial charge in [0.15, 0.2) is 0 Å². The van der Waals surface area contributed by atoms with Gasteiger partial charge in [-0.25, -0.2) is 4.39 Å². The van der Waals surface area contributed by atoms with Crippen molar-refractivity contribution in [2.24, 2.45) is 5.41 Å². The molecule has 1 aromatic rings. The van der Waals surface area contributed by atoms with Gasteiger partial charge in [0.1, 0.15) is 5.82 Å². The van der Waals surface area contributed by atoms with Gasteiger partial charge in [0, 0.05) is 16.0 Å². The molecule has 2 N–H and O–H groups in total. The number of rotatable bonds is 5. The van der Waals surface area contributed by atoms with E-state index in [2.05, 4.69) is 0 Å². The van der Waals surface area contributed by atoms with Gasteiger partial charge in [-0.05, 0) is 25.0 Å². The molecule has 2 nitrogen and oxygen atoms in total. The van der Waals surface area contributed by atoms with Crippen LogP contribution in [0.3, 0.4) is 0 Å². The summed E-state index contributed by atoms with van der Waals surface area (Å²) < 4.78 is 13.5. The Balaban J connectivity index is 3.02.